The highest BCUT2D eigenvalue weighted by atomic mass is 19.4. The predicted octanol–water partition coefficient (Wildman–Crippen LogP) is 8.53. The second-order valence-electron chi connectivity index (χ2n) is 13.6. The summed E-state index contributed by atoms with van der Waals surface area (Å²) in [6.45, 7) is 6.73. The lowest BCUT2D eigenvalue weighted by Crippen LogP contribution is -2.46. The van der Waals surface area contributed by atoms with Gasteiger partial charge in [0, 0.05) is 49.4 Å². The zero-order valence-corrected chi connectivity index (χ0v) is 24.7. The molecule has 1 heterocycles. The Hall–Kier alpha value is -2.88. The van der Waals surface area contributed by atoms with Crippen molar-refractivity contribution in [1.29, 1.82) is 0 Å². The van der Waals surface area contributed by atoms with Gasteiger partial charge >= 0.3 is 6.18 Å². The number of carbonyl (C=O) groups excluding carboxylic acids is 1. The lowest BCUT2D eigenvalue weighted by atomic mass is 9.50. The number of rotatable bonds is 6. The van der Waals surface area contributed by atoms with Crippen LogP contribution in [-0.4, -0.2) is 31.1 Å². The number of hydrogen-bond acceptors (Lipinski definition) is 4. The van der Waals surface area contributed by atoms with Crippen molar-refractivity contribution in [3.05, 3.63) is 57.5 Å². The highest BCUT2D eigenvalue weighted by molar-refractivity contribution is 5.82. The molecule has 1 saturated heterocycles. The SMILES string of the molecule is CC1C[C@@H]2C(=C3CCC(N=O)C=C31)[C@@H](c1ccc(N3CCCC3)cc1)C[C@]1(C)[C@@H](C(=O)CCC#CC(F)(F)F)CC[C@@H]21. The zero-order valence-electron chi connectivity index (χ0n) is 24.7. The quantitative estimate of drug-likeness (QED) is 0.251. The molecule has 7 atom stereocenters. The molecule has 1 aromatic rings. The summed E-state index contributed by atoms with van der Waals surface area (Å²) >= 11 is 0. The van der Waals surface area contributed by atoms with Gasteiger partial charge < -0.3 is 4.90 Å². The van der Waals surface area contributed by atoms with Gasteiger partial charge in [-0.25, -0.2) is 0 Å². The maximum Gasteiger partial charge on any atom is 0.457 e. The van der Waals surface area contributed by atoms with E-state index >= 15 is 0 Å². The minimum absolute atomic E-state index is 0.0488. The average Bonchev–Trinajstić information content (AvgIpc) is 3.63. The monoisotopic (exact) mass is 578 g/mol. The van der Waals surface area contributed by atoms with Crippen molar-refractivity contribution < 1.29 is 18.0 Å². The molecule has 4 nitrogen and oxygen atoms in total. The Morgan fingerprint density at radius 2 is 1.86 bits per heavy atom. The number of hydrogen-bond donors (Lipinski definition) is 0. The van der Waals surface area contributed by atoms with Crippen molar-refractivity contribution in [3.63, 3.8) is 0 Å². The van der Waals surface area contributed by atoms with Gasteiger partial charge in [-0.3, -0.25) is 4.79 Å². The largest absolute Gasteiger partial charge is 0.457 e. The minimum atomic E-state index is -4.52. The maximum absolute atomic E-state index is 13.6. The smallest absolute Gasteiger partial charge is 0.372 e. The maximum atomic E-state index is 13.6. The van der Waals surface area contributed by atoms with Crippen molar-refractivity contribution in [2.75, 3.05) is 18.0 Å². The third kappa shape index (κ3) is 5.35. The first kappa shape index (κ1) is 29.2. The van der Waals surface area contributed by atoms with Crippen LogP contribution in [0, 0.1) is 45.8 Å². The fourth-order valence-electron chi connectivity index (χ4n) is 9.40. The van der Waals surface area contributed by atoms with Crippen molar-refractivity contribution in [3.8, 4) is 11.8 Å². The van der Waals surface area contributed by atoms with Crippen LogP contribution < -0.4 is 4.90 Å². The van der Waals surface area contributed by atoms with Gasteiger partial charge in [0.05, 0.1) is 0 Å². The Balaban J connectivity index is 1.36. The van der Waals surface area contributed by atoms with Crippen LogP contribution in [0.2, 0.25) is 0 Å². The fraction of sp³-hybridized carbons (Fsp3) is 0.629. The summed E-state index contributed by atoms with van der Waals surface area (Å²) in [5.41, 5.74) is 6.56. The molecule has 224 valence electrons. The number of allylic oxidation sites excluding steroid dienone is 3. The summed E-state index contributed by atoms with van der Waals surface area (Å²) in [7, 11) is 0. The van der Waals surface area contributed by atoms with E-state index in [1.54, 1.807) is 0 Å². The van der Waals surface area contributed by atoms with Crippen LogP contribution in [0.1, 0.15) is 89.5 Å². The molecule has 1 aromatic carbocycles. The second-order valence-corrected chi connectivity index (χ2v) is 13.6. The highest BCUT2D eigenvalue weighted by Crippen LogP contribution is 2.66. The average molecular weight is 579 g/mol. The van der Waals surface area contributed by atoms with Gasteiger partial charge in [-0.1, -0.05) is 48.7 Å². The first-order valence-electron chi connectivity index (χ1n) is 15.8. The highest BCUT2D eigenvalue weighted by Gasteiger charge is 2.58. The summed E-state index contributed by atoms with van der Waals surface area (Å²) in [5, 5.41) is 3.38. The van der Waals surface area contributed by atoms with Crippen LogP contribution in [0.3, 0.4) is 0 Å². The normalized spacial score (nSPS) is 34.1. The molecule has 0 radical (unpaired) electrons. The van der Waals surface area contributed by atoms with E-state index in [0.717, 1.165) is 51.6 Å². The molecule has 0 N–H and O–H groups in total. The molecule has 0 amide bonds. The van der Waals surface area contributed by atoms with Crippen LogP contribution in [0.15, 0.2) is 52.2 Å². The van der Waals surface area contributed by atoms with Gasteiger partial charge in [-0.05, 0) is 103 Å². The Bertz CT molecular complexity index is 1340. The van der Waals surface area contributed by atoms with E-state index in [4.69, 9.17) is 0 Å². The Labute approximate surface area is 247 Å². The van der Waals surface area contributed by atoms with Crippen LogP contribution in [0.5, 0.6) is 0 Å². The van der Waals surface area contributed by atoms with E-state index in [-0.39, 0.29) is 41.9 Å². The number of ketones is 1. The molecule has 2 unspecified atom stereocenters. The Kier molecular flexibility index (Phi) is 7.87. The Morgan fingerprint density at radius 3 is 2.55 bits per heavy atom. The number of alkyl halides is 3. The van der Waals surface area contributed by atoms with Gasteiger partial charge in [0.15, 0.2) is 0 Å². The predicted molar refractivity (Wildman–Crippen MR) is 159 cm³/mol. The first-order chi connectivity index (χ1) is 20.1. The van der Waals surface area contributed by atoms with Crippen LogP contribution in [-0.2, 0) is 4.79 Å². The van der Waals surface area contributed by atoms with E-state index in [1.807, 2.05) is 0 Å². The number of anilines is 1. The molecule has 42 heavy (non-hydrogen) atoms. The molecule has 0 bridgehead atoms. The lowest BCUT2D eigenvalue weighted by molar-refractivity contribution is -0.127. The van der Waals surface area contributed by atoms with Gasteiger partial charge in [-0.2, -0.15) is 18.1 Å². The molecular formula is C35H41F3N2O2. The third-order valence-corrected chi connectivity index (χ3v) is 11.2. The molecule has 0 aromatic heterocycles. The topological polar surface area (TPSA) is 49.7 Å². The summed E-state index contributed by atoms with van der Waals surface area (Å²) in [5.74, 6) is 4.63. The number of fused-ring (bicyclic) bond motifs is 4. The molecule has 5 aliphatic rings. The van der Waals surface area contributed by atoms with E-state index in [2.05, 4.69) is 60.2 Å². The molecule has 7 heteroatoms. The number of Topliss-reactive ketones (excluding diaryl/α,β-unsaturated/α-hetero) is 1. The molecule has 3 fully saturated rings. The number of carbonyl (C=O) groups is 1. The molecule has 2 saturated carbocycles. The van der Waals surface area contributed by atoms with Crippen LogP contribution in [0.25, 0.3) is 0 Å². The Morgan fingerprint density at radius 1 is 1.12 bits per heavy atom. The van der Waals surface area contributed by atoms with E-state index in [9.17, 15) is 22.9 Å². The third-order valence-electron chi connectivity index (χ3n) is 11.2. The lowest BCUT2D eigenvalue weighted by Gasteiger charge is -2.53. The molecule has 4 aliphatic carbocycles. The number of nitroso groups, excluding NO2 is 1. The standard InChI is InChI=1S/C35H41F3N2O2/c1-22-19-28-30-14-15-31(32(41)7-3-4-16-35(36,37)38)34(30,2)21-29(33(28)26-13-10-24(39-42)20-27(22)26)23-8-11-25(12-9-23)40-17-5-6-18-40/h8-9,11-12,20,22,24,28-31H,3,5-7,10,13-15,17-19,21H2,1-2H3/t22?,24?,28-,29+,30-,31+,34-/m0/s1. The van der Waals surface area contributed by atoms with Crippen LogP contribution in [0.4, 0.5) is 18.9 Å². The van der Waals surface area contributed by atoms with Gasteiger partial charge in [-0.15, -0.1) is 0 Å². The van der Waals surface area contributed by atoms with Crippen molar-refractivity contribution >= 4 is 11.5 Å². The number of benzene rings is 1. The summed E-state index contributed by atoms with van der Waals surface area (Å²) < 4.78 is 37.6. The van der Waals surface area contributed by atoms with Crippen molar-refractivity contribution in [1.82, 2.24) is 0 Å². The van der Waals surface area contributed by atoms with Gasteiger partial charge in [0.2, 0.25) is 0 Å². The van der Waals surface area contributed by atoms with Gasteiger partial charge in [0.25, 0.3) is 0 Å². The molecular weight excluding hydrogens is 537 g/mol. The first-order valence-corrected chi connectivity index (χ1v) is 15.8. The van der Waals surface area contributed by atoms with Crippen molar-refractivity contribution in [2.24, 2.45) is 34.3 Å². The van der Waals surface area contributed by atoms with Crippen molar-refractivity contribution in [2.45, 2.75) is 96.2 Å². The van der Waals surface area contributed by atoms with E-state index in [0.29, 0.717) is 17.8 Å². The summed E-state index contributed by atoms with van der Waals surface area (Å²) in [4.78, 5) is 27.5. The number of halogens is 3. The zero-order chi connectivity index (χ0) is 29.6. The summed E-state index contributed by atoms with van der Waals surface area (Å²) in [6.07, 6.45) is 5.29. The van der Waals surface area contributed by atoms with Crippen LogP contribution >= 0.6 is 0 Å². The van der Waals surface area contributed by atoms with E-state index < -0.39 is 6.18 Å². The number of nitrogens with zero attached hydrogens (tertiary/aromatic N) is 2. The minimum Gasteiger partial charge on any atom is -0.372 e. The molecule has 0 spiro atoms. The summed E-state index contributed by atoms with van der Waals surface area (Å²) in [6, 6.07) is 8.81. The molecule has 6 rings (SSSR count). The fourth-order valence-corrected chi connectivity index (χ4v) is 9.40. The molecule has 1 aliphatic heterocycles. The van der Waals surface area contributed by atoms with Gasteiger partial charge in [0.1, 0.15) is 11.8 Å². The van der Waals surface area contributed by atoms with E-state index in [1.165, 1.54) is 46.7 Å². The second kappa shape index (κ2) is 11.3.